The molecule has 0 bridgehead atoms. The fraction of sp³-hybridized carbons (Fsp3) is 0.294. The van der Waals surface area contributed by atoms with Crippen molar-refractivity contribution in [3.63, 3.8) is 0 Å². The number of nitrogens with zero attached hydrogens (tertiary/aromatic N) is 4. The maximum Gasteiger partial charge on any atom is 0.274 e. The quantitative estimate of drug-likeness (QED) is 0.847. The van der Waals surface area contributed by atoms with E-state index < -0.39 is 0 Å². The summed E-state index contributed by atoms with van der Waals surface area (Å²) >= 11 is 0. The van der Waals surface area contributed by atoms with Crippen LogP contribution in [-0.2, 0) is 11.2 Å². The van der Waals surface area contributed by atoms with Crippen LogP contribution >= 0.6 is 0 Å². The van der Waals surface area contributed by atoms with E-state index in [1.165, 1.54) is 30.7 Å². The molecule has 1 aliphatic rings. The number of carbonyl (C=O) groups excluding carboxylic acids is 2. The average Bonchev–Trinajstić information content (AvgIpc) is 2.64. The summed E-state index contributed by atoms with van der Waals surface area (Å²) in [5.74, 6) is -0.510. The lowest BCUT2D eigenvalue weighted by Crippen LogP contribution is -2.51. The smallest absolute Gasteiger partial charge is 0.274 e. The summed E-state index contributed by atoms with van der Waals surface area (Å²) in [6, 6.07) is 5.92. The van der Waals surface area contributed by atoms with Gasteiger partial charge in [-0.2, -0.15) is 0 Å². The lowest BCUT2D eigenvalue weighted by molar-refractivity contribution is -0.131. The Morgan fingerprint density at radius 1 is 1.00 bits per heavy atom. The number of piperazine rings is 1. The van der Waals surface area contributed by atoms with Crippen LogP contribution in [0.15, 0.2) is 42.9 Å². The van der Waals surface area contributed by atoms with Gasteiger partial charge in [0, 0.05) is 38.6 Å². The average molecular weight is 328 g/mol. The Bertz CT molecular complexity index is 713. The number of hydrogen-bond donors (Lipinski definition) is 0. The minimum absolute atomic E-state index is 0.0202. The third-order valence-electron chi connectivity index (χ3n) is 3.97. The first-order valence-electron chi connectivity index (χ1n) is 7.71. The molecule has 1 aromatic carbocycles. The Hall–Kier alpha value is -2.83. The molecule has 1 aliphatic heterocycles. The van der Waals surface area contributed by atoms with Crippen LogP contribution < -0.4 is 0 Å². The molecular weight excluding hydrogens is 311 g/mol. The third kappa shape index (κ3) is 3.73. The van der Waals surface area contributed by atoms with Gasteiger partial charge in [-0.05, 0) is 17.7 Å². The van der Waals surface area contributed by atoms with Crippen LogP contribution in [-0.4, -0.2) is 57.8 Å². The number of aromatic nitrogens is 2. The second-order valence-electron chi connectivity index (χ2n) is 5.57. The highest BCUT2D eigenvalue weighted by Crippen LogP contribution is 2.10. The summed E-state index contributed by atoms with van der Waals surface area (Å²) in [5.41, 5.74) is 1.09. The predicted octanol–water partition coefficient (Wildman–Crippen LogP) is 1.14. The van der Waals surface area contributed by atoms with E-state index in [1.54, 1.807) is 21.9 Å². The topological polar surface area (TPSA) is 66.4 Å². The van der Waals surface area contributed by atoms with Crippen LogP contribution in [0.1, 0.15) is 16.1 Å². The third-order valence-corrected chi connectivity index (χ3v) is 3.97. The molecule has 24 heavy (non-hydrogen) atoms. The molecule has 0 atom stereocenters. The normalized spacial score (nSPS) is 14.5. The van der Waals surface area contributed by atoms with E-state index in [2.05, 4.69) is 9.97 Å². The van der Waals surface area contributed by atoms with Crippen molar-refractivity contribution in [1.82, 2.24) is 19.8 Å². The monoisotopic (exact) mass is 328 g/mol. The van der Waals surface area contributed by atoms with Crippen molar-refractivity contribution in [2.24, 2.45) is 0 Å². The van der Waals surface area contributed by atoms with Gasteiger partial charge in [0.15, 0.2) is 0 Å². The first kappa shape index (κ1) is 16.0. The minimum Gasteiger partial charge on any atom is -0.339 e. The number of carbonyl (C=O) groups is 2. The molecule has 124 valence electrons. The zero-order valence-electron chi connectivity index (χ0n) is 13.1. The molecule has 0 aliphatic carbocycles. The fourth-order valence-corrected chi connectivity index (χ4v) is 2.62. The largest absolute Gasteiger partial charge is 0.339 e. The van der Waals surface area contributed by atoms with Crippen molar-refractivity contribution in [1.29, 1.82) is 0 Å². The van der Waals surface area contributed by atoms with Gasteiger partial charge in [0.1, 0.15) is 11.5 Å². The van der Waals surface area contributed by atoms with Gasteiger partial charge in [-0.1, -0.05) is 12.1 Å². The molecule has 1 fully saturated rings. The van der Waals surface area contributed by atoms with Gasteiger partial charge in [-0.3, -0.25) is 14.6 Å². The highest BCUT2D eigenvalue weighted by atomic mass is 19.1. The van der Waals surface area contributed by atoms with Gasteiger partial charge < -0.3 is 9.80 Å². The number of rotatable bonds is 3. The highest BCUT2D eigenvalue weighted by molar-refractivity contribution is 5.92. The lowest BCUT2D eigenvalue weighted by Gasteiger charge is -2.34. The molecule has 1 aromatic heterocycles. The number of amides is 2. The maximum atomic E-state index is 12.9. The van der Waals surface area contributed by atoms with Crippen LogP contribution in [0.5, 0.6) is 0 Å². The molecular formula is C17H17FN4O2. The summed E-state index contributed by atoms with van der Waals surface area (Å²) in [4.78, 5) is 35.9. The Morgan fingerprint density at radius 3 is 2.29 bits per heavy atom. The Balaban J connectivity index is 1.54. The standard InChI is InChI=1S/C17H17FN4O2/c18-14-3-1-13(2-4-14)11-16(23)21-7-9-22(10-8-21)17(24)15-12-19-5-6-20-15/h1-6,12H,7-11H2. The number of hydrogen-bond acceptors (Lipinski definition) is 4. The molecule has 1 saturated heterocycles. The molecule has 0 saturated carbocycles. The van der Waals surface area contributed by atoms with Gasteiger partial charge in [0.25, 0.3) is 5.91 Å². The molecule has 0 N–H and O–H groups in total. The van der Waals surface area contributed by atoms with Crippen molar-refractivity contribution in [2.75, 3.05) is 26.2 Å². The van der Waals surface area contributed by atoms with Gasteiger partial charge in [-0.25, -0.2) is 9.37 Å². The van der Waals surface area contributed by atoms with Gasteiger partial charge in [-0.15, -0.1) is 0 Å². The van der Waals surface area contributed by atoms with Crippen molar-refractivity contribution >= 4 is 11.8 Å². The highest BCUT2D eigenvalue weighted by Gasteiger charge is 2.25. The van der Waals surface area contributed by atoms with E-state index in [0.29, 0.717) is 31.9 Å². The Kier molecular flexibility index (Phi) is 4.79. The summed E-state index contributed by atoms with van der Waals surface area (Å²) in [6.07, 6.45) is 4.67. The van der Waals surface area contributed by atoms with E-state index >= 15 is 0 Å². The summed E-state index contributed by atoms with van der Waals surface area (Å²) in [7, 11) is 0. The van der Waals surface area contributed by atoms with Crippen LogP contribution in [0.25, 0.3) is 0 Å². The number of benzene rings is 1. The predicted molar refractivity (Wildman–Crippen MR) is 84.6 cm³/mol. The SMILES string of the molecule is O=C(Cc1ccc(F)cc1)N1CCN(C(=O)c2cnccn2)CC1. The Labute approximate surface area is 138 Å². The molecule has 7 heteroatoms. The van der Waals surface area contributed by atoms with Crippen LogP contribution in [0, 0.1) is 5.82 Å². The molecule has 0 radical (unpaired) electrons. The minimum atomic E-state index is -0.317. The van der Waals surface area contributed by atoms with Crippen LogP contribution in [0.3, 0.4) is 0 Å². The zero-order chi connectivity index (χ0) is 16.9. The molecule has 6 nitrogen and oxygen atoms in total. The Morgan fingerprint density at radius 2 is 1.67 bits per heavy atom. The molecule has 2 amide bonds. The van der Waals surface area contributed by atoms with E-state index in [9.17, 15) is 14.0 Å². The van der Waals surface area contributed by atoms with Crippen LogP contribution in [0.4, 0.5) is 4.39 Å². The fourth-order valence-electron chi connectivity index (χ4n) is 2.62. The second-order valence-corrected chi connectivity index (χ2v) is 5.57. The van der Waals surface area contributed by atoms with E-state index in [0.717, 1.165) is 5.56 Å². The van der Waals surface area contributed by atoms with E-state index in [4.69, 9.17) is 0 Å². The summed E-state index contributed by atoms with van der Waals surface area (Å²) < 4.78 is 12.9. The molecule has 0 unspecified atom stereocenters. The van der Waals surface area contributed by atoms with Gasteiger partial charge in [0.05, 0.1) is 12.6 Å². The van der Waals surface area contributed by atoms with E-state index in [-0.39, 0.29) is 24.1 Å². The van der Waals surface area contributed by atoms with E-state index in [1.807, 2.05) is 0 Å². The van der Waals surface area contributed by atoms with Crippen molar-refractivity contribution in [3.05, 3.63) is 59.9 Å². The lowest BCUT2D eigenvalue weighted by atomic mass is 10.1. The maximum absolute atomic E-state index is 12.9. The molecule has 3 rings (SSSR count). The van der Waals surface area contributed by atoms with Gasteiger partial charge >= 0.3 is 0 Å². The van der Waals surface area contributed by atoms with Crippen LogP contribution in [0.2, 0.25) is 0 Å². The molecule has 2 heterocycles. The first-order chi connectivity index (χ1) is 11.6. The molecule has 2 aromatic rings. The van der Waals surface area contributed by atoms with Crippen molar-refractivity contribution < 1.29 is 14.0 Å². The summed E-state index contributed by atoms with van der Waals surface area (Å²) in [6.45, 7) is 1.88. The van der Waals surface area contributed by atoms with Crippen molar-refractivity contribution in [3.8, 4) is 0 Å². The number of halogens is 1. The second kappa shape index (κ2) is 7.16. The zero-order valence-corrected chi connectivity index (χ0v) is 13.1. The molecule has 0 spiro atoms. The summed E-state index contributed by atoms with van der Waals surface area (Å²) in [5, 5.41) is 0. The first-order valence-corrected chi connectivity index (χ1v) is 7.71. The van der Waals surface area contributed by atoms with Gasteiger partial charge in [0.2, 0.25) is 5.91 Å². The van der Waals surface area contributed by atoms with Crippen molar-refractivity contribution in [2.45, 2.75) is 6.42 Å².